The number of amides is 1. The van der Waals surface area contributed by atoms with Gasteiger partial charge in [0, 0.05) is 31.3 Å². The molecule has 1 amide bonds. The first-order valence-electron chi connectivity index (χ1n) is 11.5. The van der Waals surface area contributed by atoms with Crippen molar-refractivity contribution >= 4 is 23.6 Å². The monoisotopic (exact) mass is 454 g/mol. The summed E-state index contributed by atoms with van der Waals surface area (Å²) in [5.74, 6) is 1.84. The lowest BCUT2D eigenvalue weighted by atomic mass is 9.84. The Kier molecular flexibility index (Phi) is 8.46. The van der Waals surface area contributed by atoms with E-state index in [-0.39, 0.29) is 23.7 Å². The van der Waals surface area contributed by atoms with Gasteiger partial charge >= 0.3 is 0 Å². The van der Waals surface area contributed by atoms with Crippen molar-refractivity contribution in [3.63, 3.8) is 0 Å². The first kappa shape index (κ1) is 24.6. The summed E-state index contributed by atoms with van der Waals surface area (Å²) in [6, 6.07) is 1.80. The van der Waals surface area contributed by atoms with Gasteiger partial charge in [0.25, 0.3) is 0 Å². The summed E-state index contributed by atoms with van der Waals surface area (Å²) in [6.45, 7) is 12.5. The van der Waals surface area contributed by atoms with Crippen molar-refractivity contribution in [2.75, 3.05) is 30.9 Å². The summed E-state index contributed by atoms with van der Waals surface area (Å²) in [7, 11) is 0. The van der Waals surface area contributed by atoms with E-state index in [1.807, 2.05) is 20.8 Å². The van der Waals surface area contributed by atoms with E-state index < -0.39 is 4.75 Å². The summed E-state index contributed by atoms with van der Waals surface area (Å²) < 4.78 is 22.2. The maximum atomic E-state index is 12.8. The molecule has 3 heterocycles. The van der Waals surface area contributed by atoms with Gasteiger partial charge in [-0.25, -0.2) is 0 Å². The Balaban J connectivity index is 1.51. The molecule has 3 atom stereocenters. The highest BCUT2D eigenvalue weighted by molar-refractivity contribution is 8.01. The van der Waals surface area contributed by atoms with Gasteiger partial charge in [0.2, 0.25) is 11.8 Å². The number of hydrogen-bond donors (Lipinski definition) is 1. The minimum absolute atomic E-state index is 0.0828. The van der Waals surface area contributed by atoms with Crippen LogP contribution in [-0.2, 0) is 24.4 Å². The van der Waals surface area contributed by atoms with Gasteiger partial charge in [0.1, 0.15) is 0 Å². The Hall–Kier alpha value is -1.09. The maximum Gasteiger partial charge on any atom is 0.242 e. The second-order valence-corrected chi connectivity index (χ2v) is 11.4. The van der Waals surface area contributed by atoms with Gasteiger partial charge in [-0.2, -0.15) is 0 Å². The third-order valence-electron chi connectivity index (χ3n) is 6.48. The third kappa shape index (κ3) is 6.70. The summed E-state index contributed by atoms with van der Waals surface area (Å²) in [5, 5.41) is 7.11. The van der Waals surface area contributed by atoms with Crippen molar-refractivity contribution in [3.05, 3.63) is 11.8 Å². The minimum Gasteiger partial charge on any atom is -0.381 e. The van der Waals surface area contributed by atoms with Gasteiger partial charge in [-0.1, -0.05) is 19.0 Å². The second-order valence-electron chi connectivity index (χ2n) is 9.70. The molecule has 2 aliphatic rings. The molecule has 31 heavy (non-hydrogen) atoms. The minimum atomic E-state index is -0.559. The average molecular weight is 455 g/mol. The molecule has 0 aromatic carbocycles. The molecule has 2 aliphatic heterocycles. The predicted molar refractivity (Wildman–Crippen MR) is 122 cm³/mol. The maximum absolute atomic E-state index is 12.8. The molecule has 3 rings (SSSR count). The first-order chi connectivity index (χ1) is 14.7. The number of aromatic nitrogens is 1. The smallest absolute Gasteiger partial charge is 0.242 e. The Morgan fingerprint density at radius 1 is 1.29 bits per heavy atom. The standard InChI is InChI=1S/C23H38N2O5S/c1-16(29-20-8-6-7-11-28-20)22(2,3)18-14-19(30-25-18)24-21(26)23(4,5)31-13-10-17-9-12-27-15-17/h14,16-17,20H,6-13,15H2,1-5H3,(H,24,26)/t16-,17-,20?/m0/s1. The lowest BCUT2D eigenvalue weighted by Gasteiger charge is -2.34. The van der Waals surface area contributed by atoms with Crippen molar-refractivity contribution in [2.45, 2.75) is 89.3 Å². The number of thioether (sulfide) groups is 1. The fourth-order valence-corrected chi connectivity index (χ4v) is 4.83. The number of rotatable bonds is 10. The Morgan fingerprint density at radius 2 is 2.10 bits per heavy atom. The van der Waals surface area contributed by atoms with Crippen LogP contribution in [0.25, 0.3) is 0 Å². The van der Waals surface area contributed by atoms with Gasteiger partial charge in [-0.05, 0) is 64.5 Å². The van der Waals surface area contributed by atoms with Crippen LogP contribution in [0.1, 0.15) is 72.4 Å². The highest BCUT2D eigenvalue weighted by Crippen LogP contribution is 2.33. The Bertz CT molecular complexity index is 709. The highest BCUT2D eigenvalue weighted by Gasteiger charge is 2.35. The molecule has 1 aromatic heterocycles. The van der Waals surface area contributed by atoms with E-state index in [1.54, 1.807) is 17.8 Å². The zero-order chi connectivity index (χ0) is 22.5. The van der Waals surface area contributed by atoms with Gasteiger partial charge in [0.05, 0.1) is 16.5 Å². The molecule has 1 N–H and O–H groups in total. The number of carbonyl (C=O) groups excluding carboxylic acids is 1. The molecular weight excluding hydrogens is 416 g/mol. The number of carbonyl (C=O) groups is 1. The Labute approximate surface area is 190 Å². The van der Waals surface area contributed by atoms with E-state index in [1.165, 1.54) is 0 Å². The van der Waals surface area contributed by atoms with E-state index in [9.17, 15) is 4.79 Å². The molecule has 1 aromatic rings. The van der Waals surface area contributed by atoms with Crippen LogP contribution in [0.15, 0.2) is 10.6 Å². The van der Waals surface area contributed by atoms with E-state index in [2.05, 4.69) is 24.3 Å². The average Bonchev–Trinajstić information content (AvgIpc) is 3.41. The van der Waals surface area contributed by atoms with Crippen molar-refractivity contribution < 1.29 is 23.5 Å². The number of ether oxygens (including phenoxy) is 3. The molecule has 0 radical (unpaired) electrons. The van der Waals surface area contributed by atoms with Crippen LogP contribution >= 0.6 is 11.8 Å². The SMILES string of the molecule is C[C@H](OC1CCCCO1)C(C)(C)c1cc(NC(=O)C(C)(C)SCC[C@@H]2CCOC2)on1. The second kappa shape index (κ2) is 10.7. The van der Waals surface area contributed by atoms with Crippen LogP contribution in [0.3, 0.4) is 0 Å². The van der Waals surface area contributed by atoms with Crippen LogP contribution in [0.5, 0.6) is 0 Å². The van der Waals surface area contributed by atoms with Crippen molar-refractivity contribution in [1.82, 2.24) is 5.16 Å². The first-order valence-corrected chi connectivity index (χ1v) is 12.4. The fraction of sp³-hybridized carbons (Fsp3) is 0.826. The van der Waals surface area contributed by atoms with Crippen molar-refractivity contribution in [2.24, 2.45) is 5.92 Å². The molecule has 7 nitrogen and oxygen atoms in total. The molecule has 2 saturated heterocycles. The van der Waals surface area contributed by atoms with Crippen LogP contribution in [0, 0.1) is 5.92 Å². The number of nitrogens with one attached hydrogen (secondary N) is 1. The zero-order valence-corrected chi connectivity index (χ0v) is 20.4. The number of anilines is 1. The van der Waals surface area contributed by atoms with Crippen molar-refractivity contribution in [3.8, 4) is 0 Å². The van der Waals surface area contributed by atoms with E-state index in [0.29, 0.717) is 11.8 Å². The number of nitrogens with zero attached hydrogens (tertiary/aromatic N) is 1. The third-order valence-corrected chi connectivity index (χ3v) is 7.82. The largest absolute Gasteiger partial charge is 0.381 e. The lowest BCUT2D eigenvalue weighted by molar-refractivity contribution is -0.196. The molecule has 2 fully saturated rings. The normalized spacial score (nSPS) is 23.6. The van der Waals surface area contributed by atoms with Gasteiger partial charge in [-0.3, -0.25) is 10.1 Å². The number of hydrogen-bond acceptors (Lipinski definition) is 7. The molecule has 0 aliphatic carbocycles. The van der Waals surface area contributed by atoms with Crippen LogP contribution < -0.4 is 5.32 Å². The Morgan fingerprint density at radius 3 is 2.77 bits per heavy atom. The van der Waals surface area contributed by atoms with E-state index in [0.717, 1.165) is 63.4 Å². The summed E-state index contributed by atoms with van der Waals surface area (Å²) >= 11 is 1.67. The van der Waals surface area contributed by atoms with Crippen molar-refractivity contribution in [1.29, 1.82) is 0 Å². The van der Waals surface area contributed by atoms with Gasteiger partial charge in [-0.15, -0.1) is 11.8 Å². The van der Waals surface area contributed by atoms with E-state index >= 15 is 0 Å². The van der Waals surface area contributed by atoms with Crippen LogP contribution in [-0.4, -0.2) is 53.8 Å². The molecular formula is C23H38N2O5S. The van der Waals surface area contributed by atoms with E-state index in [4.69, 9.17) is 18.7 Å². The lowest BCUT2D eigenvalue weighted by Crippen LogP contribution is -2.38. The highest BCUT2D eigenvalue weighted by atomic mass is 32.2. The quantitative estimate of drug-likeness (QED) is 0.546. The topological polar surface area (TPSA) is 82.8 Å². The summed E-state index contributed by atoms with van der Waals surface area (Å²) in [5.41, 5.74) is 0.360. The molecule has 0 spiro atoms. The van der Waals surface area contributed by atoms with Crippen LogP contribution in [0.4, 0.5) is 5.88 Å². The zero-order valence-electron chi connectivity index (χ0n) is 19.6. The molecule has 8 heteroatoms. The fourth-order valence-electron chi connectivity index (χ4n) is 3.68. The molecule has 0 saturated carbocycles. The molecule has 0 bridgehead atoms. The predicted octanol–water partition coefficient (Wildman–Crippen LogP) is 4.76. The van der Waals surface area contributed by atoms with Gasteiger partial charge in [0.15, 0.2) is 6.29 Å². The van der Waals surface area contributed by atoms with Gasteiger partial charge < -0.3 is 18.7 Å². The summed E-state index contributed by atoms with van der Waals surface area (Å²) in [6.07, 6.45) is 5.05. The molecule has 1 unspecified atom stereocenters. The molecule has 176 valence electrons. The summed E-state index contributed by atoms with van der Waals surface area (Å²) in [4.78, 5) is 12.8. The van der Waals surface area contributed by atoms with Crippen LogP contribution in [0.2, 0.25) is 0 Å².